The highest BCUT2D eigenvalue weighted by molar-refractivity contribution is 5.95. The van der Waals surface area contributed by atoms with Crippen LogP contribution in [0.4, 0.5) is 8.78 Å². The first-order valence-electron chi connectivity index (χ1n) is 14.1. The molecule has 0 spiro atoms. The van der Waals surface area contributed by atoms with Crippen LogP contribution in [0.5, 0.6) is 40.4 Å². The van der Waals surface area contributed by atoms with Crippen LogP contribution in [0.15, 0.2) is 66.9 Å². The van der Waals surface area contributed by atoms with Crippen molar-refractivity contribution in [2.24, 2.45) is 5.73 Å². The molecule has 14 heteroatoms. The smallest absolute Gasteiger partial charge is 0.344 e. The minimum absolute atomic E-state index is 0.0325. The number of nitrogens with one attached hydrogen (secondary N) is 1. The maximum absolute atomic E-state index is 16.1. The first-order chi connectivity index (χ1) is 22.4. The third kappa shape index (κ3) is 8.29. The summed E-state index contributed by atoms with van der Waals surface area (Å²) in [4.78, 5) is 30.8. The van der Waals surface area contributed by atoms with Crippen molar-refractivity contribution in [3.05, 3.63) is 95.2 Å². The summed E-state index contributed by atoms with van der Waals surface area (Å²) in [5.74, 6) is -6.86. The predicted octanol–water partition coefficient (Wildman–Crippen LogP) is 6.01. The highest BCUT2D eigenvalue weighted by Crippen LogP contribution is 2.43. The molecule has 4 aromatic rings. The summed E-state index contributed by atoms with van der Waals surface area (Å²) in [7, 11) is 4.58. The molecule has 12 nitrogen and oxygen atoms in total. The molecule has 4 rings (SSSR count). The van der Waals surface area contributed by atoms with Crippen molar-refractivity contribution in [2.45, 2.75) is 19.4 Å². The van der Waals surface area contributed by atoms with Crippen molar-refractivity contribution < 1.29 is 47.2 Å². The van der Waals surface area contributed by atoms with E-state index in [1.54, 1.807) is 21.0 Å². The van der Waals surface area contributed by atoms with Gasteiger partial charge in [-0.15, -0.1) is 0 Å². The summed E-state index contributed by atoms with van der Waals surface area (Å²) in [6, 6.07) is 13.3. The largest absolute Gasteiger partial charge is 0.504 e. The molecular formula is C33H32F2N4O8. The van der Waals surface area contributed by atoms with E-state index in [-0.39, 0.29) is 70.9 Å². The van der Waals surface area contributed by atoms with E-state index in [0.717, 1.165) is 6.07 Å². The van der Waals surface area contributed by atoms with Crippen molar-refractivity contribution in [1.29, 1.82) is 5.41 Å². The number of hydrogen-bond donors (Lipinski definition) is 3. The normalized spacial score (nSPS) is 11.4. The highest BCUT2D eigenvalue weighted by atomic mass is 19.1. The van der Waals surface area contributed by atoms with E-state index in [9.17, 15) is 14.7 Å². The number of nitrogens with zero attached hydrogens (tertiary/aromatic N) is 2. The Hall–Kier alpha value is -5.76. The van der Waals surface area contributed by atoms with Gasteiger partial charge in [-0.05, 0) is 55.5 Å². The molecule has 4 N–H and O–H groups in total. The topological polar surface area (TPSA) is 167 Å². The van der Waals surface area contributed by atoms with Crippen LogP contribution in [0.3, 0.4) is 0 Å². The second kappa shape index (κ2) is 15.0. The van der Waals surface area contributed by atoms with Crippen molar-refractivity contribution in [1.82, 2.24) is 9.88 Å². The molecule has 3 aromatic carbocycles. The molecule has 0 saturated carbocycles. The number of nitrogen functional groups attached to an aromatic ring is 1. The first-order valence-corrected chi connectivity index (χ1v) is 14.1. The number of rotatable bonds is 13. The molecule has 1 aromatic heterocycles. The molecule has 0 fully saturated rings. The zero-order valence-electron chi connectivity index (χ0n) is 25.9. The maximum atomic E-state index is 16.1. The van der Waals surface area contributed by atoms with Crippen LogP contribution >= 0.6 is 0 Å². The van der Waals surface area contributed by atoms with E-state index in [4.69, 9.17) is 34.8 Å². The molecule has 0 saturated heterocycles. The third-order valence-corrected chi connectivity index (χ3v) is 6.64. The zero-order valence-corrected chi connectivity index (χ0v) is 25.9. The molecule has 1 heterocycles. The number of nitrogens with two attached hydrogens (primary N) is 1. The fourth-order valence-corrected chi connectivity index (χ4v) is 4.03. The Kier molecular flexibility index (Phi) is 10.9. The highest BCUT2D eigenvalue weighted by Gasteiger charge is 2.29. The lowest BCUT2D eigenvalue weighted by molar-refractivity contribution is 0.0380. The Bertz CT molecular complexity index is 1800. The lowest BCUT2D eigenvalue weighted by atomic mass is 10.1. The number of phenols is 1. The summed E-state index contributed by atoms with van der Waals surface area (Å²) in [5, 5.41) is 18.0. The second-order valence-electron chi connectivity index (χ2n) is 10.3. The van der Waals surface area contributed by atoms with Gasteiger partial charge in [0.05, 0.1) is 12.7 Å². The van der Waals surface area contributed by atoms with Crippen LogP contribution in [0.25, 0.3) is 0 Å². The third-order valence-electron chi connectivity index (χ3n) is 6.64. The Morgan fingerprint density at radius 1 is 0.979 bits per heavy atom. The van der Waals surface area contributed by atoms with E-state index in [2.05, 4.69) is 4.98 Å². The summed E-state index contributed by atoms with van der Waals surface area (Å²) in [6.45, 7) is 1.56. The first kappa shape index (κ1) is 34.1. The van der Waals surface area contributed by atoms with Gasteiger partial charge in [-0.2, -0.15) is 0 Å². The van der Waals surface area contributed by atoms with E-state index in [0.29, 0.717) is 0 Å². The van der Waals surface area contributed by atoms with Crippen molar-refractivity contribution in [2.75, 3.05) is 27.8 Å². The Morgan fingerprint density at radius 2 is 1.74 bits per heavy atom. The summed E-state index contributed by atoms with van der Waals surface area (Å²) >= 11 is 0. The van der Waals surface area contributed by atoms with Gasteiger partial charge in [-0.3, -0.25) is 10.2 Å². The van der Waals surface area contributed by atoms with Crippen LogP contribution < -0.4 is 19.9 Å². The minimum Gasteiger partial charge on any atom is -0.504 e. The number of carbonyl (C=O) groups excluding carboxylic acids is 2. The van der Waals surface area contributed by atoms with Crippen molar-refractivity contribution >= 4 is 17.7 Å². The number of pyridine rings is 1. The molecule has 1 amide bonds. The van der Waals surface area contributed by atoms with Gasteiger partial charge >= 0.3 is 5.97 Å². The van der Waals surface area contributed by atoms with Crippen molar-refractivity contribution in [3.8, 4) is 40.4 Å². The number of ether oxygens (including phenoxy) is 5. The van der Waals surface area contributed by atoms with Crippen LogP contribution in [-0.4, -0.2) is 66.6 Å². The monoisotopic (exact) mass is 650 g/mol. The van der Waals surface area contributed by atoms with Gasteiger partial charge in [0, 0.05) is 51.0 Å². The van der Waals surface area contributed by atoms with E-state index in [1.165, 1.54) is 72.8 Å². The Labute approximate surface area is 268 Å². The molecule has 0 bridgehead atoms. The molecule has 0 aliphatic carbocycles. The summed E-state index contributed by atoms with van der Waals surface area (Å²) < 4.78 is 59.2. The number of phenolic OH excluding ortho intramolecular Hbond substituents is 1. The van der Waals surface area contributed by atoms with E-state index in [1.807, 2.05) is 0 Å². The molecule has 1 unspecified atom stereocenters. The fourth-order valence-electron chi connectivity index (χ4n) is 4.03. The van der Waals surface area contributed by atoms with Gasteiger partial charge in [0.15, 0.2) is 28.8 Å². The number of carbonyl (C=O) groups is 2. The van der Waals surface area contributed by atoms with Gasteiger partial charge < -0.3 is 39.4 Å². The number of hydrogen-bond acceptors (Lipinski definition) is 10. The number of benzene rings is 3. The van der Waals surface area contributed by atoms with Crippen LogP contribution in [0.1, 0.15) is 39.6 Å². The number of halogens is 2. The fraction of sp³-hybridized carbons (Fsp3) is 0.212. The summed E-state index contributed by atoms with van der Waals surface area (Å²) in [6.07, 6.45) is 1.34. The molecular weight excluding hydrogens is 618 g/mol. The SMILES string of the molecule is COC(C)CCOC(=O)c1c(F)cc(Oc2cccnc2Oc2cc(C(=N)N)ccc2O)c(Oc2cccc(C(=O)N(C)C)c2)c1F. The molecule has 1 atom stereocenters. The number of amides is 1. The average molecular weight is 651 g/mol. The number of aromatic nitrogens is 1. The van der Waals surface area contributed by atoms with E-state index >= 15 is 8.78 Å². The predicted molar refractivity (Wildman–Crippen MR) is 166 cm³/mol. The van der Waals surface area contributed by atoms with Crippen LogP contribution in [-0.2, 0) is 9.47 Å². The van der Waals surface area contributed by atoms with Gasteiger partial charge in [0.2, 0.25) is 5.75 Å². The second-order valence-corrected chi connectivity index (χ2v) is 10.3. The Morgan fingerprint density at radius 3 is 2.45 bits per heavy atom. The van der Waals surface area contributed by atoms with Gasteiger partial charge in [-0.25, -0.2) is 18.6 Å². The maximum Gasteiger partial charge on any atom is 0.344 e. The lowest BCUT2D eigenvalue weighted by Gasteiger charge is -2.18. The number of amidine groups is 1. The molecule has 0 aliphatic rings. The van der Waals surface area contributed by atoms with Crippen LogP contribution in [0, 0.1) is 17.0 Å². The quantitative estimate of drug-likeness (QED) is 0.0886. The number of methoxy groups -OCH3 is 1. The van der Waals surface area contributed by atoms with Crippen LogP contribution in [0.2, 0.25) is 0 Å². The summed E-state index contributed by atoms with van der Waals surface area (Å²) in [5.41, 5.74) is 4.96. The average Bonchev–Trinajstić information content (AvgIpc) is 3.04. The molecule has 0 radical (unpaired) electrons. The minimum atomic E-state index is -1.44. The standard InChI is InChI=1S/C33H32F2N4O8/c1-18(43-4)12-14-44-33(42)27-22(34)17-26(29(28(27)35)45-21-8-5-7-20(15-21)32(41)39(2)3)46-24-9-6-13-38-31(24)47-25-16-19(30(36)37)10-11-23(25)40/h5-11,13,15-18,40H,12,14H2,1-4H3,(H3,36,37). The van der Waals surface area contributed by atoms with Gasteiger partial charge in [0.25, 0.3) is 11.8 Å². The van der Waals surface area contributed by atoms with Crippen molar-refractivity contribution in [3.63, 3.8) is 0 Å². The number of aromatic hydroxyl groups is 1. The van der Waals surface area contributed by atoms with Gasteiger partial charge in [0.1, 0.15) is 23.0 Å². The van der Waals surface area contributed by atoms with E-state index < -0.39 is 34.7 Å². The molecule has 0 aliphatic heterocycles. The molecule has 246 valence electrons. The Balaban J connectivity index is 1.77. The number of esters is 1. The zero-order chi connectivity index (χ0) is 34.2. The lowest BCUT2D eigenvalue weighted by Crippen LogP contribution is -2.21. The van der Waals surface area contributed by atoms with Gasteiger partial charge in [-0.1, -0.05) is 6.07 Å². The molecule has 47 heavy (non-hydrogen) atoms.